The van der Waals surface area contributed by atoms with E-state index in [-0.39, 0.29) is 11.4 Å². The Bertz CT molecular complexity index is 1360. The molecule has 0 saturated carbocycles. The van der Waals surface area contributed by atoms with Gasteiger partial charge < -0.3 is 19.7 Å². The second-order valence-corrected chi connectivity index (χ2v) is 8.16. The third kappa shape index (κ3) is 5.08. The minimum absolute atomic E-state index is 0.234. The first kappa shape index (κ1) is 22.1. The number of aromatic nitrogens is 2. The monoisotopic (exact) mass is 478 g/mol. The largest absolute Gasteiger partial charge is 0.457 e. The highest BCUT2D eigenvalue weighted by Gasteiger charge is 2.14. The van der Waals surface area contributed by atoms with Gasteiger partial charge in [0.1, 0.15) is 23.1 Å². The summed E-state index contributed by atoms with van der Waals surface area (Å²) >= 11 is 5.95. The maximum absolute atomic E-state index is 14.3. The molecule has 1 N–H and O–H groups in total. The average Bonchev–Trinajstić information content (AvgIpc) is 2.84. The minimum Gasteiger partial charge on any atom is -0.457 e. The summed E-state index contributed by atoms with van der Waals surface area (Å²) < 4.78 is 25.5. The van der Waals surface area contributed by atoms with Crippen LogP contribution in [0.4, 0.5) is 15.9 Å². The molecule has 0 radical (unpaired) electrons. The van der Waals surface area contributed by atoms with Gasteiger partial charge in [0.15, 0.2) is 0 Å². The van der Waals surface area contributed by atoms with E-state index >= 15 is 0 Å². The molecule has 0 unspecified atom stereocenters. The lowest BCUT2D eigenvalue weighted by Crippen LogP contribution is -2.36. The zero-order valence-electron chi connectivity index (χ0n) is 18.0. The fourth-order valence-corrected chi connectivity index (χ4v) is 3.84. The normalized spacial score (nSPS) is 13.6. The van der Waals surface area contributed by atoms with Crippen molar-refractivity contribution in [2.45, 2.75) is 0 Å². The number of hydrogen-bond donors (Lipinski definition) is 1. The molecule has 1 aliphatic heterocycles. The van der Waals surface area contributed by atoms with E-state index in [1.54, 1.807) is 48.7 Å². The molecule has 1 aliphatic rings. The van der Waals surface area contributed by atoms with E-state index in [0.29, 0.717) is 35.1 Å². The van der Waals surface area contributed by atoms with Gasteiger partial charge in [-0.2, -0.15) is 0 Å². The molecule has 3 aromatic carbocycles. The molecule has 1 aromatic heterocycles. The fourth-order valence-electron chi connectivity index (χ4n) is 3.65. The number of benzene rings is 3. The van der Waals surface area contributed by atoms with Crippen molar-refractivity contribution in [2.75, 3.05) is 36.5 Å². The number of morpholine rings is 1. The van der Waals surface area contributed by atoms with Crippen molar-refractivity contribution in [3.8, 4) is 11.5 Å². The second kappa shape index (κ2) is 9.62. The Kier molecular flexibility index (Phi) is 6.24. The van der Waals surface area contributed by atoms with Crippen LogP contribution in [0.5, 0.6) is 11.5 Å². The summed E-state index contributed by atoms with van der Waals surface area (Å²) in [6, 6.07) is 15.8. The number of fused-ring (bicyclic) bond motifs is 1. The molecule has 1 saturated heterocycles. The molecule has 7 nitrogen and oxygen atoms in total. The van der Waals surface area contributed by atoms with Crippen molar-refractivity contribution in [2.24, 2.45) is 0 Å². The van der Waals surface area contributed by atoms with E-state index in [1.807, 2.05) is 0 Å². The number of nitrogens with one attached hydrogen (secondary N) is 1. The highest BCUT2D eigenvalue weighted by atomic mass is 35.5. The highest BCUT2D eigenvalue weighted by Crippen LogP contribution is 2.28. The number of halogens is 2. The number of hydrogen-bond acceptors (Lipinski definition) is 6. The van der Waals surface area contributed by atoms with Crippen LogP contribution < -0.4 is 15.0 Å². The van der Waals surface area contributed by atoms with E-state index in [1.165, 1.54) is 18.2 Å². The van der Waals surface area contributed by atoms with Gasteiger partial charge in [0.25, 0.3) is 5.91 Å². The summed E-state index contributed by atoms with van der Waals surface area (Å²) in [6.07, 6.45) is 1.75. The summed E-state index contributed by atoms with van der Waals surface area (Å²) in [5.41, 5.74) is 2.00. The van der Waals surface area contributed by atoms with Gasteiger partial charge in [-0.05, 0) is 36.4 Å². The van der Waals surface area contributed by atoms with Crippen molar-refractivity contribution in [1.29, 1.82) is 0 Å². The fraction of sp³-hybridized carbons (Fsp3) is 0.160. The van der Waals surface area contributed by atoms with Gasteiger partial charge in [-0.15, -0.1) is 0 Å². The van der Waals surface area contributed by atoms with Crippen LogP contribution in [-0.4, -0.2) is 42.2 Å². The Balaban J connectivity index is 1.36. The Morgan fingerprint density at radius 2 is 1.88 bits per heavy atom. The molecule has 1 amide bonds. The molecule has 0 bridgehead atoms. The lowest BCUT2D eigenvalue weighted by atomic mass is 10.2. The quantitative estimate of drug-likeness (QED) is 0.419. The predicted octanol–water partition coefficient (Wildman–Crippen LogP) is 5.30. The molecule has 2 heterocycles. The Labute approximate surface area is 200 Å². The summed E-state index contributed by atoms with van der Waals surface area (Å²) in [5.74, 6) is 0.520. The van der Waals surface area contributed by atoms with Crippen molar-refractivity contribution < 1.29 is 18.7 Å². The maximum atomic E-state index is 14.3. The molecule has 34 heavy (non-hydrogen) atoms. The first-order chi connectivity index (χ1) is 16.5. The van der Waals surface area contributed by atoms with Crippen LogP contribution in [0, 0.1) is 5.82 Å². The van der Waals surface area contributed by atoms with Crippen LogP contribution >= 0.6 is 11.6 Å². The summed E-state index contributed by atoms with van der Waals surface area (Å²) in [7, 11) is 0. The highest BCUT2D eigenvalue weighted by molar-refractivity contribution is 6.31. The van der Waals surface area contributed by atoms with Crippen molar-refractivity contribution in [3.63, 3.8) is 0 Å². The molecular weight excluding hydrogens is 459 g/mol. The van der Waals surface area contributed by atoms with Gasteiger partial charge in [-0.3, -0.25) is 9.78 Å². The summed E-state index contributed by atoms with van der Waals surface area (Å²) in [5, 5.41) is 3.11. The van der Waals surface area contributed by atoms with Crippen LogP contribution in [-0.2, 0) is 4.74 Å². The number of carbonyl (C=O) groups is 1. The van der Waals surface area contributed by atoms with Crippen molar-refractivity contribution in [3.05, 3.63) is 83.3 Å². The lowest BCUT2D eigenvalue weighted by molar-refractivity contribution is 0.102. The van der Waals surface area contributed by atoms with Gasteiger partial charge in [0.05, 0.1) is 30.4 Å². The first-order valence-corrected chi connectivity index (χ1v) is 11.1. The standard InChI is InChI=1S/C25H20ClFN4O3/c26-17-3-1-2-16(10-17)25(32)29-19-11-18(27)12-21(13-19)34-20-4-5-22-23(14-20)30-24(15-28-22)31-6-8-33-9-7-31/h1-5,10-15H,6-9H2,(H,29,32). The Morgan fingerprint density at radius 1 is 1.03 bits per heavy atom. The maximum Gasteiger partial charge on any atom is 0.255 e. The van der Waals surface area contributed by atoms with E-state index in [2.05, 4.69) is 15.2 Å². The summed E-state index contributed by atoms with van der Waals surface area (Å²) in [6.45, 7) is 2.81. The molecular formula is C25H20ClFN4O3. The third-order valence-electron chi connectivity index (χ3n) is 5.29. The molecule has 4 aromatic rings. The van der Waals surface area contributed by atoms with Crippen molar-refractivity contribution >= 4 is 40.0 Å². The molecule has 9 heteroatoms. The number of carbonyl (C=O) groups excluding carboxylic acids is 1. The number of nitrogens with zero attached hydrogens (tertiary/aromatic N) is 3. The van der Waals surface area contributed by atoms with Crippen LogP contribution in [0.2, 0.25) is 5.02 Å². The van der Waals surface area contributed by atoms with E-state index in [9.17, 15) is 9.18 Å². The Hall–Kier alpha value is -3.75. The first-order valence-electron chi connectivity index (χ1n) is 10.7. The van der Waals surface area contributed by atoms with Crippen LogP contribution in [0.3, 0.4) is 0 Å². The number of ether oxygens (including phenoxy) is 2. The molecule has 0 atom stereocenters. The minimum atomic E-state index is -0.547. The van der Waals surface area contributed by atoms with E-state index in [0.717, 1.165) is 24.4 Å². The summed E-state index contributed by atoms with van der Waals surface area (Å²) in [4.78, 5) is 23.8. The number of anilines is 2. The zero-order valence-corrected chi connectivity index (χ0v) is 18.8. The Morgan fingerprint density at radius 3 is 2.71 bits per heavy atom. The van der Waals surface area contributed by atoms with Crippen LogP contribution in [0.1, 0.15) is 10.4 Å². The van der Waals surface area contributed by atoms with Gasteiger partial charge >= 0.3 is 0 Å². The van der Waals surface area contributed by atoms with Crippen molar-refractivity contribution in [1.82, 2.24) is 9.97 Å². The topological polar surface area (TPSA) is 76.6 Å². The second-order valence-electron chi connectivity index (χ2n) is 7.72. The number of amides is 1. The lowest BCUT2D eigenvalue weighted by Gasteiger charge is -2.27. The molecule has 5 rings (SSSR count). The van der Waals surface area contributed by atoms with Gasteiger partial charge in [0.2, 0.25) is 0 Å². The SMILES string of the molecule is O=C(Nc1cc(F)cc(Oc2ccc3ncc(N4CCOCC4)nc3c2)c1)c1cccc(Cl)c1. The van der Waals surface area contributed by atoms with Gasteiger partial charge in [0, 0.05) is 47.6 Å². The van der Waals surface area contributed by atoms with Gasteiger partial charge in [-0.1, -0.05) is 17.7 Å². The molecule has 0 spiro atoms. The van der Waals surface area contributed by atoms with Gasteiger partial charge in [-0.25, -0.2) is 9.37 Å². The zero-order chi connectivity index (χ0) is 23.5. The van der Waals surface area contributed by atoms with E-state index in [4.69, 9.17) is 26.1 Å². The average molecular weight is 479 g/mol. The molecule has 1 fully saturated rings. The number of rotatable bonds is 5. The predicted molar refractivity (Wildman–Crippen MR) is 128 cm³/mol. The molecule has 0 aliphatic carbocycles. The van der Waals surface area contributed by atoms with Crippen LogP contribution in [0.15, 0.2) is 66.9 Å². The van der Waals surface area contributed by atoms with Crippen LogP contribution in [0.25, 0.3) is 11.0 Å². The third-order valence-corrected chi connectivity index (χ3v) is 5.52. The van der Waals surface area contributed by atoms with E-state index < -0.39 is 11.7 Å². The molecule has 172 valence electrons. The smallest absolute Gasteiger partial charge is 0.255 e.